The van der Waals surface area contributed by atoms with Crippen molar-refractivity contribution in [3.63, 3.8) is 0 Å². The quantitative estimate of drug-likeness (QED) is 0.639. The number of hydrazone groups is 1. The van der Waals surface area contributed by atoms with Crippen LogP contribution in [-0.2, 0) is 5.41 Å². The molecule has 4 aliphatic carbocycles. The van der Waals surface area contributed by atoms with Gasteiger partial charge in [-0.3, -0.25) is 9.89 Å². The van der Waals surface area contributed by atoms with Gasteiger partial charge in [0.15, 0.2) is 5.69 Å². The van der Waals surface area contributed by atoms with Crippen molar-refractivity contribution in [2.45, 2.75) is 43.9 Å². The summed E-state index contributed by atoms with van der Waals surface area (Å²) in [5.74, 6) is 1.90. The minimum Gasteiger partial charge on any atom is -0.281 e. The minimum atomic E-state index is -0.333. The molecule has 0 radical (unpaired) electrons. The highest BCUT2D eigenvalue weighted by Gasteiger charge is 2.52. The Morgan fingerprint density at radius 1 is 1.15 bits per heavy atom. The van der Waals surface area contributed by atoms with Gasteiger partial charge in [-0.15, -0.1) is 0 Å². The molecule has 1 aromatic heterocycles. The largest absolute Gasteiger partial charge is 0.291 e. The van der Waals surface area contributed by atoms with Gasteiger partial charge < -0.3 is 0 Å². The molecular formula is C21H23FN4O. The van der Waals surface area contributed by atoms with E-state index in [2.05, 4.69) is 20.7 Å². The van der Waals surface area contributed by atoms with Crippen LogP contribution in [0, 0.1) is 23.6 Å². The van der Waals surface area contributed by atoms with Crippen LogP contribution in [0.1, 0.15) is 60.3 Å². The second-order valence-corrected chi connectivity index (χ2v) is 8.62. The summed E-state index contributed by atoms with van der Waals surface area (Å²) in [6.45, 7) is 0. The maximum Gasteiger partial charge on any atom is 0.291 e. The fourth-order valence-electron chi connectivity index (χ4n) is 5.92. The molecular weight excluding hydrogens is 343 g/mol. The Morgan fingerprint density at radius 2 is 1.78 bits per heavy atom. The lowest BCUT2D eigenvalue weighted by molar-refractivity contribution is -0.00721. The van der Waals surface area contributed by atoms with Crippen LogP contribution in [-0.4, -0.2) is 22.3 Å². The van der Waals surface area contributed by atoms with Crippen molar-refractivity contribution in [1.29, 1.82) is 0 Å². The lowest BCUT2D eigenvalue weighted by atomic mass is 9.49. The third kappa shape index (κ3) is 3.07. The van der Waals surface area contributed by atoms with Gasteiger partial charge in [0.2, 0.25) is 0 Å². The first kappa shape index (κ1) is 16.7. The predicted octanol–water partition coefficient (Wildman–Crippen LogP) is 3.78. The number of halogens is 1. The van der Waals surface area contributed by atoms with Crippen LogP contribution in [0.3, 0.4) is 0 Å². The molecule has 4 bridgehead atoms. The molecule has 140 valence electrons. The van der Waals surface area contributed by atoms with Crippen molar-refractivity contribution in [3.05, 3.63) is 53.1 Å². The van der Waals surface area contributed by atoms with Gasteiger partial charge >= 0.3 is 0 Å². The van der Waals surface area contributed by atoms with Crippen LogP contribution < -0.4 is 5.43 Å². The minimum absolute atomic E-state index is 0.192. The van der Waals surface area contributed by atoms with Crippen molar-refractivity contribution < 1.29 is 9.18 Å². The Balaban J connectivity index is 1.28. The first-order valence-electron chi connectivity index (χ1n) is 9.74. The third-order valence-electron chi connectivity index (χ3n) is 6.67. The molecule has 0 atom stereocenters. The Labute approximate surface area is 157 Å². The van der Waals surface area contributed by atoms with Gasteiger partial charge in [-0.25, -0.2) is 9.82 Å². The van der Waals surface area contributed by atoms with Crippen LogP contribution >= 0.6 is 0 Å². The Kier molecular flexibility index (Phi) is 3.88. The molecule has 0 aliphatic heterocycles. The summed E-state index contributed by atoms with van der Waals surface area (Å²) in [7, 11) is 0. The Hall–Kier alpha value is -2.50. The SMILES string of the molecule is O=C(NN=Cc1ccc(F)cc1)c1cc(C23CC4CC(CC(C4)C2)C3)[nH]n1. The highest BCUT2D eigenvalue weighted by molar-refractivity contribution is 5.93. The summed E-state index contributed by atoms with van der Waals surface area (Å²) < 4.78 is 12.9. The van der Waals surface area contributed by atoms with E-state index in [4.69, 9.17) is 0 Å². The van der Waals surface area contributed by atoms with Crippen molar-refractivity contribution >= 4 is 12.1 Å². The highest BCUT2D eigenvalue weighted by atomic mass is 19.1. The molecule has 4 saturated carbocycles. The highest BCUT2D eigenvalue weighted by Crippen LogP contribution is 2.60. The van der Waals surface area contributed by atoms with Crippen LogP contribution in [0.5, 0.6) is 0 Å². The molecule has 6 rings (SSSR count). The summed E-state index contributed by atoms with van der Waals surface area (Å²) >= 11 is 0. The van der Waals surface area contributed by atoms with Crippen molar-refractivity contribution in [2.75, 3.05) is 0 Å². The fraction of sp³-hybridized carbons (Fsp3) is 0.476. The van der Waals surface area contributed by atoms with E-state index >= 15 is 0 Å². The van der Waals surface area contributed by atoms with Crippen LogP contribution in [0.2, 0.25) is 0 Å². The molecule has 5 nitrogen and oxygen atoms in total. The van der Waals surface area contributed by atoms with Crippen molar-refractivity contribution in [1.82, 2.24) is 15.6 Å². The van der Waals surface area contributed by atoms with Gasteiger partial charge in [0, 0.05) is 11.1 Å². The number of amides is 1. The topological polar surface area (TPSA) is 70.1 Å². The first-order valence-corrected chi connectivity index (χ1v) is 9.74. The summed E-state index contributed by atoms with van der Waals surface area (Å²) in [5, 5.41) is 11.4. The van der Waals surface area contributed by atoms with Crippen LogP contribution in [0.25, 0.3) is 0 Å². The second-order valence-electron chi connectivity index (χ2n) is 8.62. The number of rotatable bonds is 4. The fourth-order valence-corrected chi connectivity index (χ4v) is 5.92. The monoisotopic (exact) mass is 366 g/mol. The molecule has 0 spiro atoms. The number of benzene rings is 1. The predicted molar refractivity (Wildman–Crippen MR) is 99.9 cm³/mol. The summed E-state index contributed by atoms with van der Waals surface area (Å²) in [6.07, 6.45) is 9.33. The molecule has 27 heavy (non-hydrogen) atoms. The average Bonchev–Trinajstić information content (AvgIpc) is 3.13. The van der Waals surface area contributed by atoms with Crippen molar-refractivity contribution in [2.24, 2.45) is 22.9 Å². The first-order chi connectivity index (χ1) is 13.1. The zero-order valence-electron chi connectivity index (χ0n) is 15.1. The van der Waals surface area contributed by atoms with E-state index < -0.39 is 0 Å². The number of hydrogen-bond acceptors (Lipinski definition) is 3. The van der Waals surface area contributed by atoms with Gasteiger partial charge in [-0.1, -0.05) is 12.1 Å². The second kappa shape index (κ2) is 6.29. The van der Waals surface area contributed by atoms with Gasteiger partial charge in [-0.05, 0) is 80.0 Å². The molecule has 4 aliphatic rings. The van der Waals surface area contributed by atoms with E-state index in [0.29, 0.717) is 11.3 Å². The Bertz CT molecular complexity index is 851. The number of H-pyrrole nitrogens is 1. The molecule has 0 saturated heterocycles. The molecule has 1 aromatic carbocycles. The smallest absolute Gasteiger partial charge is 0.281 e. The summed E-state index contributed by atoms with van der Waals surface area (Å²) in [4.78, 5) is 12.4. The van der Waals surface area contributed by atoms with E-state index in [1.165, 1.54) is 56.9 Å². The zero-order chi connectivity index (χ0) is 18.4. The van der Waals surface area contributed by atoms with Crippen LogP contribution in [0.4, 0.5) is 4.39 Å². The summed E-state index contributed by atoms with van der Waals surface area (Å²) in [6, 6.07) is 7.83. The molecule has 2 aromatic rings. The lowest BCUT2D eigenvalue weighted by Gasteiger charge is -2.56. The maximum atomic E-state index is 12.9. The standard InChI is InChI=1S/C21H23FN4O/c22-17-3-1-13(2-4-17)12-23-26-20(27)18-8-19(25-24-18)21-9-14-5-15(10-21)7-16(6-14)11-21/h1-4,8,12,14-16H,5-7,9-11H2,(H,24,25)(H,26,27). The molecule has 4 fully saturated rings. The number of carbonyl (C=O) groups is 1. The molecule has 1 heterocycles. The summed E-state index contributed by atoms with van der Waals surface area (Å²) in [5.41, 5.74) is 4.90. The third-order valence-corrected chi connectivity index (χ3v) is 6.67. The van der Waals surface area contributed by atoms with Gasteiger partial charge in [0.1, 0.15) is 5.82 Å². The van der Waals surface area contributed by atoms with Gasteiger partial charge in [-0.2, -0.15) is 10.2 Å². The number of hydrogen-bond donors (Lipinski definition) is 2. The number of aromatic amines is 1. The van der Waals surface area contributed by atoms with E-state index in [1.54, 1.807) is 12.1 Å². The van der Waals surface area contributed by atoms with Gasteiger partial charge in [0.05, 0.1) is 6.21 Å². The maximum absolute atomic E-state index is 12.9. The van der Waals surface area contributed by atoms with E-state index in [-0.39, 0.29) is 17.1 Å². The van der Waals surface area contributed by atoms with E-state index in [9.17, 15) is 9.18 Å². The normalized spacial score (nSPS) is 31.5. The van der Waals surface area contributed by atoms with Gasteiger partial charge in [0.25, 0.3) is 5.91 Å². The number of carbonyl (C=O) groups excluding carboxylic acids is 1. The molecule has 2 N–H and O–H groups in total. The number of nitrogens with zero attached hydrogens (tertiary/aromatic N) is 2. The number of nitrogens with one attached hydrogen (secondary N) is 2. The molecule has 6 heteroatoms. The zero-order valence-corrected chi connectivity index (χ0v) is 15.1. The van der Waals surface area contributed by atoms with E-state index in [1.807, 2.05) is 6.07 Å². The molecule has 1 amide bonds. The number of aromatic nitrogens is 2. The van der Waals surface area contributed by atoms with E-state index in [0.717, 1.165) is 23.4 Å². The van der Waals surface area contributed by atoms with Crippen molar-refractivity contribution in [3.8, 4) is 0 Å². The Morgan fingerprint density at radius 3 is 2.41 bits per heavy atom. The van der Waals surface area contributed by atoms with Crippen LogP contribution in [0.15, 0.2) is 35.4 Å². The lowest BCUT2D eigenvalue weighted by Crippen LogP contribution is -2.48. The average molecular weight is 366 g/mol. The molecule has 0 unspecified atom stereocenters.